The van der Waals surface area contributed by atoms with Gasteiger partial charge in [0.1, 0.15) is 12.0 Å². The van der Waals surface area contributed by atoms with E-state index in [1.54, 1.807) is 0 Å². The van der Waals surface area contributed by atoms with E-state index in [9.17, 15) is 50.1 Å². The molecule has 12 nitrogen and oxygen atoms in total. The van der Waals surface area contributed by atoms with E-state index in [2.05, 4.69) is 0 Å². The van der Waals surface area contributed by atoms with E-state index in [1.807, 2.05) is 0 Å². The van der Waals surface area contributed by atoms with Gasteiger partial charge in [0.2, 0.25) is 6.10 Å². The van der Waals surface area contributed by atoms with Crippen LogP contribution in [0.5, 0.6) is 34.5 Å². The van der Waals surface area contributed by atoms with E-state index in [-0.39, 0.29) is 40.2 Å². The van der Waals surface area contributed by atoms with Gasteiger partial charge in [0.05, 0.1) is 0 Å². The molecule has 0 saturated heterocycles. The fraction of sp³-hybridized carbons (Fsp3) is 0.148. The van der Waals surface area contributed by atoms with Crippen molar-refractivity contribution in [3.8, 4) is 34.5 Å². The molecular weight excluding hydrogens is 516 g/mol. The number of fused-ring (bicyclic) bond motifs is 1. The van der Waals surface area contributed by atoms with E-state index < -0.39 is 59.0 Å². The lowest BCUT2D eigenvalue weighted by Crippen LogP contribution is -2.28. The summed E-state index contributed by atoms with van der Waals surface area (Å²) < 4.78 is 10.8. The maximum Gasteiger partial charge on any atom is 0.345 e. The van der Waals surface area contributed by atoms with Gasteiger partial charge in [0, 0.05) is 18.1 Å². The Labute approximate surface area is 219 Å². The number of hydrogen-bond donors (Lipinski definition) is 7. The maximum atomic E-state index is 12.5. The van der Waals surface area contributed by atoms with Gasteiger partial charge in [-0.3, -0.25) is 4.79 Å². The topological polar surface area (TPSA) is 211 Å². The van der Waals surface area contributed by atoms with Crippen LogP contribution in [-0.2, 0) is 25.5 Å². The Morgan fingerprint density at radius 2 is 1.49 bits per heavy atom. The molecule has 0 radical (unpaired) electrons. The molecule has 3 aromatic carbocycles. The second-order valence-electron chi connectivity index (χ2n) is 8.64. The van der Waals surface area contributed by atoms with Crippen LogP contribution in [-0.4, -0.2) is 59.8 Å². The molecule has 0 amide bonds. The van der Waals surface area contributed by atoms with Gasteiger partial charge in [-0.25, -0.2) is 9.59 Å². The first-order valence-electron chi connectivity index (χ1n) is 11.4. The van der Waals surface area contributed by atoms with Crippen LogP contribution in [0.25, 0.3) is 6.08 Å². The van der Waals surface area contributed by atoms with E-state index in [0.29, 0.717) is 0 Å². The molecule has 0 aliphatic carbocycles. The summed E-state index contributed by atoms with van der Waals surface area (Å²) in [7, 11) is 0. The van der Waals surface area contributed by atoms with Crippen LogP contribution < -0.4 is 4.74 Å². The lowest BCUT2D eigenvalue weighted by Gasteiger charge is -2.17. The summed E-state index contributed by atoms with van der Waals surface area (Å²) in [6.45, 7) is 0. The predicted molar refractivity (Wildman–Crippen MR) is 132 cm³/mol. The summed E-state index contributed by atoms with van der Waals surface area (Å²) in [5, 5.41) is 68.2. The molecule has 4 rings (SSSR count). The van der Waals surface area contributed by atoms with Crippen LogP contribution in [0.2, 0.25) is 0 Å². The smallest absolute Gasteiger partial charge is 0.345 e. The largest absolute Gasteiger partial charge is 0.504 e. The third-order valence-corrected chi connectivity index (χ3v) is 6.06. The first-order chi connectivity index (χ1) is 18.5. The highest BCUT2D eigenvalue weighted by Gasteiger charge is 2.43. The monoisotopic (exact) mass is 538 g/mol. The van der Waals surface area contributed by atoms with Gasteiger partial charge in [-0.2, -0.15) is 0 Å². The zero-order valence-electron chi connectivity index (χ0n) is 19.9. The molecule has 3 aromatic rings. The Morgan fingerprint density at radius 1 is 0.846 bits per heavy atom. The van der Waals surface area contributed by atoms with Crippen LogP contribution in [0.15, 0.2) is 54.6 Å². The second-order valence-corrected chi connectivity index (χ2v) is 8.64. The summed E-state index contributed by atoms with van der Waals surface area (Å²) >= 11 is 0. The van der Waals surface area contributed by atoms with Crippen molar-refractivity contribution in [3.63, 3.8) is 0 Å². The second kappa shape index (κ2) is 10.5. The number of hydrogen-bond acceptors (Lipinski definition) is 10. The van der Waals surface area contributed by atoms with Crippen molar-refractivity contribution in [1.29, 1.82) is 0 Å². The molecule has 39 heavy (non-hydrogen) atoms. The van der Waals surface area contributed by atoms with Crippen molar-refractivity contribution < 1.29 is 59.6 Å². The molecule has 0 spiro atoms. The zero-order valence-corrected chi connectivity index (χ0v) is 19.9. The molecule has 7 N–H and O–H groups in total. The van der Waals surface area contributed by atoms with Gasteiger partial charge in [0.25, 0.3) is 0 Å². The number of carboxylic acid groups (broad SMARTS) is 2. The summed E-state index contributed by atoms with van der Waals surface area (Å²) in [5.41, 5.74) is 0.664. The molecule has 0 aromatic heterocycles. The van der Waals surface area contributed by atoms with Crippen LogP contribution in [0.4, 0.5) is 0 Å². The predicted octanol–water partition coefficient (Wildman–Crippen LogP) is 2.77. The molecular formula is C27H22O12. The summed E-state index contributed by atoms with van der Waals surface area (Å²) in [6.07, 6.45) is -1.09. The Morgan fingerprint density at radius 3 is 2.10 bits per heavy atom. The number of carboxylic acids is 2. The van der Waals surface area contributed by atoms with E-state index >= 15 is 0 Å². The first kappa shape index (κ1) is 26.7. The summed E-state index contributed by atoms with van der Waals surface area (Å²) in [5.74, 6) is -7.59. The molecule has 202 valence electrons. The third-order valence-electron chi connectivity index (χ3n) is 6.06. The van der Waals surface area contributed by atoms with Gasteiger partial charge in [-0.1, -0.05) is 18.2 Å². The number of phenols is 5. The van der Waals surface area contributed by atoms with Crippen LogP contribution in [0.1, 0.15) is 34.3 Å². The molecule has 1 aliphatic heterocycles. The number of benzene rings is 3. The SMILES string of the molecule is O=C(/C=C/c1ccc(O)c2c1[C@H](C(=O)O)[C@@H](c1ccc(O)c(O)c1)O2)O[C@@H](Cc1ccc(O)c(O)c1)C(=O)O. The number of carbonyl (C=O) groups excluding carboxylic acids is 1. The van der Waals surface area contributed by atoms with E-state index in [1.165, 1.54) is 30.3 Å². The average Bonchev–Trinajstić information content (AvgIpc) is 3.29. The van der Waals surface area contributed by atoms with Gasteiger partial charge < -0.3 is 45.2 Å². The van der Waals surface area contributed by atoms with Crippen molar-refractivity contribution in [1.82, 2.24) is 0 Å². The molecule has 1 aliphatic rings. The van der Waals surface area contributed by atoms with Crippen LogP contribution in [0, 0.1) is 0 Å². The van der Waals surface area contributed by atoms with Crippen molar-refractivity contribution in [3.05, 3.63) is 76.9 Å². The molecule has 1 heterocycles. The number of carbonyl (C=O) groups is 3. The van der Waals surface area contributed by atoms with Crippen molar-refractivity contribution >= 4 is 24.0 Å². The fourth-order valence-corrected chi connectivity index (χ4v) is 4.20. The highest BCUT2D eigenvalue weighted by atomic mass is 16.6. The molecule has 0 bridgehead atoms. The molecule has 0 saturated carbocycles. The van der Waals surface area contributed by atoms with Crippen molar-refractivity contribution in [2.75, 3.05) is 0 Å². The summed E-state index contributed by atoms with van der Waals surface area (Å²) in [6, 6.07) is 9.83. The minimum atomic E-state index is -1.64. The highest BCUT2D eigenvalue weighted by molar-refractivity contribution is 5.91. The number of aromatic hydroxyl groups is 5. The van der Waals surface area contributed by atoms with Crippen LogP contribution in [0.3, 0.4) is 0 Å². The standard InChI is InChI=1S/C27H22O12/c28-15-5-1-12(9-18(15)31)10-20(26(34)35)38-21(33)8-4-13-2-7-17(30)25-22(13)23(27(36)37)24(39-25)14-3-6-16(29)19(32)11-14/h1-9,11,20,23-24,28-32H,10H2,(H,34,35)(H,36,37)/b8-4+/t20-,23-,24+/m0/s1. The zero-order chi connectivity index (χ0) is 28.4. The summed E-state index contributed by atoms with van der Waals surface area (Å²) in [4.78, 5) is 36.4. The van der Waals surface area contributed by atoms with E-state index in [4.69, 9.17) is 9.47 Å². The van der Waals surface area contributed by atoms with Gasteiger partial charge >= 0.3 is 17.9 Å². The lowest BCUT2D eigenvalue weighted by molar-refractivity contribution is -0.160. The Hall–Kier alpha value is -5.39. The quantitative estimate of drug-likeness (QED) is 0.125. The average molecular weight is 538 g/mol. The lowest BCUT2D eigenvalue weighted by atomic mass is 9.88. The minimum absolute atomic E-state index is 0.0264. The Bertz CT molecular complexity index is 1490. The Kier molecular flexibility index (Phi) is 7.20. The Balaban J connectivity index is 1.59. The molecule has 12 heteroatoms. The van der Waals surface area contributed by atoms with Gasteiger partial charge in [0.15, 0.2) is 34.5 Å². The van der Waals surface area contributed by atoms with Gasteiger partial charge in [-0.05, 0) is 53.1 Å². The fourth-order valence-electron chi connectivity index (χ4n) is 4.20. The van der Waals surface area contributed by atoms with Crippen molar-refractivity contribution in [2.45, 2.75) is 24.5 Å². The highest BCUT2D eigenvalue weighted by Crippen LogP contribution is 2.52. The van der Waals surface area contributed by atoms with E-state index in [0.717, 1.165) is 30.3 Å². The first-order valence-corrected chi connectivity index (χ1v) is 11.4. The number of aliphatic carboxylic acids is 2. The van der Waals surface area contributed by atoms with Gasteiger partial charge in [-0.15, -0.1) is 0 Å². The molecule has 0 unspecified atom stereocenters. The number of esters is 1. The number of rotatable bonds is 8. The van der Waals surface area contributed by atoms with Crippen molar-refractivity contribution in [2.24, 2.45) is 0 Å². The molecule has 0 fully saturated rings. The maximum absolute atomic E-state index is 12.5. The van der Waals surface area contributed by atoms with Crippen LogP contribution >= 0.6 is 0 Å². The normalized spacial score (nSPS) is 16.8. The number of ether oxygens (including phenoxy) is 2. The minimum Gasteiger partial charge on any atom is -0.504 e. The number of phenolic OH excluding ortho intramolecular Hbond substituents is 5. The molecule has 3 atom stereocenters. The third kappa shape index (κ3) is 5.49.